The molecule has 3 aromatic carbocycles. The first kappa shape index (κ1) is 22.5. The maximum absolute atomic E-state index is 14.3. The molecule has 0 saturated carbocycles. The largest absolute Gasteiger partial charge is 0.476 e. The number of aliphatic imine (C=N–C) groups is 1. The van der Waals surface area contributed by atoms with Crippen LogP contribution < -0.4 is 5.48 Å². The van der Waals surface area contributed by atoms with Crippen molar-refractivity contribution in [3.63, 3.8) is 0 Å². The van der Waals surface area contributed by atoms with Crippen molar-refractivity contribution in [2.75, 3.05) is 0 Å². The number of benzene rings is 3. The Bertz CT molecular complexity index is 1410. The maximum atomic E-state index is 14.3. The highest BCUT2D eigenvalue weighted by atomic mass is 19.1. The first-order valence-electron chi connectivity index (χ1n) is 11.2. The molecule has 5 rings (SSSR count). The van der Waals surface area contributed by atoms with Gasteiger partial charge < -0.3 is 5.11 Å². The van der Waals surface area contributed by atoms with E-state index in [0.29, 0.717) is 17.9 Å². The van der Waals surface area contributed by atoms with Crippen molar-refractivity contribution in [1.29, 1.82) is 0 Å². The highest BCUT2D eigenvalue weighted by Crippen LogP contribution is 2.31. The summed E-state index contributed by atoms with van der Waals surface area (Å²) >= 11 is 0. The first-order chi connectivity index (χ1) is 17.0. The molecule has 0 saturated heterocycles. The van der Waals surface area contributed by atoms with Crippen LogP contribution in [0.15, 0.2) is 84.0 Å². The Labute approximate surface area is 201 Å². The van der Waals surface area contributed by atoms with Crippen molar-refractivity contribution >= 4 is 11.8 Å². The van der Waals surface area contributed by atoms with Crippen LogP contribution in [0.25, 0.3) is 11.1 Å². The zero-order valence-electron chi connectivity index (χ0n) is 19.0. The Kier molecular flexibility index (Phi) is 6.12. The van der Waals surface area contributed by atoms with E-state index in [-0.39, 0.29) is 11.5 Å². The van der Waals surface area contributed by atoms with E-state index in [2.05, 4.69) is 15.6 Å². The summed E-state index contributed by atoms with van der Waals surface area (Å²) in [6.45, 7) is 2.50. The highest BCUT2D eigenvalue weighted by Gasteiger charge is 2.22. The predicted octanol–water partition coefficient (Wildman–Crippen LogP) is 4.98. The molecule has 2 heterocycles. The molecule has 35 heavy (non-hydrogen) atoms. The first-order valence-corrected chi connectivity index (χ1v) is 11.2. The molecule has 176 valence electrons. The SMILES string of the molecule is CCc1cc(C2N=C(c3ccc(Cn4ccc(C(=O)O)n4)cc3)NO2)ccc1-c1ccccc1F. The second-order valence-corrected chi connectivity index (χ2v) is 8.20. The Morgan fingerprint density at radius 3 is 2.60 bits per heavy atom. The van der Waals surface area contributed by atoms with Crippen LogP contribution >= 0.6 is 0 Å². The lowest BCUT2D eigenvalue weighted by molar-refractivity contribution is 0.0376. The number of halogens is 1. The second kappa shape index (κ2) is 9.52. The third-order valence-electron chi connectivity index (χ3n) is 5.90. The van der Waals surface area contributed by atoms with Crippen LogP contribution in [0.3, 0.4) is 0 Å². The monoisotopic (exact) mass is 470 g/mol. The van der Waals surface area contributed by atoms with Crippen molar-refractivity contribution in [1.82, 2.24) is 15.3 Å². The van der Waals surface area contributed by atoms with Crippen molar-refractivity contribution in [2.24, 2.45) is 4.99 Å². The van der Waals surface area contributed by atoms with Gasteiger partial charge in [-0.3, -0.25) is 4.68 Å². The minimum absolute atomic E-state index is 0.0162. The molecule has 7 nitrogen and oxygen atoms in total. The van der Waals surface area contributed by atoms with Gasteiger partial charge in [0.1, 0.15) is 5.82 Å². The van der Waals surface area contributed by atoms with Crippen molar-refractivity contribution in [3.8, 4) is 11.1 Å². The summed E-state index contributed by atoms with van der Waals surface area (Å²) in [6.07, 6.45) is 1.88. The molecule has 2 N–H and O–H groups in total. The van der Waals surface area contributed by atoms with E-state index in [9.17, 15) is 9.18 Å². The number of carbonyl (C=O) groups is 1. The summed E-state index contributed by atoms with van der Waals surface area (Å²) in [4.78, 5) is 21.4. The van der Waals surface area contributed by atoms with Gasteiger partial charge in [-0.2, -0.15) is 5.10 Å². The van der Waals surface area contributed by atoms with E-state index in [1.807, 2.05) is 55.5 Å². The molecule has 4 aromatic rings. The van der Waals surface area contributed by atoms with Gasteiger partial charge in [-0.1, -0.05) is 67.6 Å². The Hall–Kier alpha value is -4.30. The van der Waals surface area contributed by atoms with Gasteiger partial charge >= 0.3 is 5.97 Å². The van der Waals surface area contributed by atoms with Gasteiger partial charge in [0, 0.05) is 22.9 Å². The molecular formula is C27H23FN4O3. The van der Waals surface area contributed by atoms with E-state index >= 15 is 0 Å². The molecule has 1 aromatic heterocycles. The molecule has 0 fully saturated rings. The van der Waals surface area contributed by atoms with Crippen LogP contribution in [0.4, 0.5) is 4.39 Å². The van der Waals surface area contributed by atoms with E-state index in [0.717, 1.165) is 34.2 Å². The Balaban J connectivity index is 1.32. The quantitative estimate of drug-likeness (QED) is 0.398. The third kappa shape index (κ3) is 4.69. The zero-order chi connectivity index (χ0) is 24.4. The summed E-state index contributed by atoms with van der Waals surface area (Å²) in [5, 5.41) is 13.0. The van der Waals surface area contributed by atoms with Crippen molar-refractivity contribution < 1.29 is 19.1 Å². The van der Waals surface area contributed by atoms with Gasteiger partial charge in [-0.25, -0.2) is 24.5 Å². The normalized spacial score (nSPS) is 15.0. The molecule has 0 amide bonds. The van der Waals surface area contributed by atoms with Crippen LogP contribution in [0.2, 0.25) is 0 Å². The number of aromatic carboxylic acids is 1. The van der Waals surface area contributed by atoms with E-state index in [1.54, 1.807) is 23.0 Å². The molecule has 1 aliphatic rings. The number of aromatic nitrogens is 2. The number of rotatable bonds is 7. The minimum atomic E-state index is -1.05. The molecule has 0 spiro atoms. The number of amidine groups is 1. The van der Waals surface area contributed by atoms with Gasteiger partial charge in [0.05, 0.1) is 6.54 Å². The summed E-state index contributed by atoms with van der Waals surface area (Å²) in [6, 6.07) is 21.8. The van der Waals surface area contributed by atoms with Crippen molar-refractivity contribution in [3.05, 3.63) is 113 Å². The molecule has 1 atom stereocenters. The fourth-order valence-corrected chi connectivity index (χ4v) is 4.08. The molecule has 8 heteroatoms. The number of nitrogens with one attached hydrogen (secondary N) is 1. The fourth-order valence-electron chi connectivity index (χ4n) is 4.08. The zero-order valence-corrected chi connectivity index (χ0v) is 19.0. The van der Waals surface area contributed by atoms with Crippen LogP contribution in [-0.2, 0) is 17.8 Å². The maximum Gasteiger partial charge on any atom is 0.356 e. The Morgan fingerprint density at radius 1 is 1.09 bits per heavy atom. The van der Waals surface area contributed by atoms with Gasteiger partial charge in [0.15, 0.2) is 11.5 Å². The lowest BCUT2D eigenvalue weighted by atomic mass is 9.95. The van der Waals surface area contributed by atoms with Crippen molar-refractivity contribution in [2.45, 2.75) is 26.1 Å². The minimum Gasteiger partial charge on any atom is -0.476 e. The van der Waals surface area contributed by atoms with Gasteiger partial charge in [-0.05, 0) is 35.2 Å². The number of hydrogen-bond donors (Lipinski definition) is 2. The molecular weight excluding hydrogens is 447 g/mol. The van der Waals surface area contributed by atoms with Crippen LogP contribution in [0.5, 0.6) is 0 Å². The van der Waals surface area contributed by atoms with Crippen LogP contribution in [0, 0.1) is 5.82 Å². The second-order valence-electron chi connectivity index (χ2n) is 8.20. The van der Waals surface area contributed by atoms with Gasteiger partial charge in [0.25, 0.3) is 0 Å². The average molecular weight is 471 g/mol. The smallest absolute Gasteiger partial charge is 0.356 e. The number of carboxylic acid groups (broad SMARTS) is 1. The lowest BCUT2D eigenvalue weighted by Gasteiger charge is -2.13. The van der Waals surface area contributed by atoms with E-state index in [1.165, 1.54) is 12.1 Å². The standard InChI is InChI=1S/C27H23FN4O3/c1-2-18-15-20(11-12-21(18)22-5-3-4-6-23(22)28)26-29-25(31-35-26)19-9-7-17(8-10-19)16-32-14-13-24(30-32)27(33)34/h3-15,26H,2,16H2,1H3,(H,29,31)(H,33,34). The number of nitrogens with zero attached hydrogens (tertiary/aromatic N) is 3. The van der Waals surface area contributed by atoms with E-state index < -0.39 is 12.2 Å². The van der Waals surface area contributed by atoms with Gasteiger partial charge in [-0.15, -0.1) is 0 Å². The predicted molar refractivity (Wildman–Crippen MR) is 129 cm³/mol. The fraction of sp³-hybridized carbons (Fsp3) is 0.148. The van der Waals surface area contributed by atoms with Gasteiger partial charge in [0.2, 0.25) is 6.23 Å². The number of hydroxylamine groups is 1. The molecule has 0 bridgehead atoms. The topological polar surface area (TPSA) is 88.7 Å². The summed E-state index contributed by atoms with van der Waals surface area (Å²) in [5.74, 6) is -0.677. The number of carboxylic acids is 1. The molecule has 1 unspecified atom stereocenters. The van der Waals surface area contributed by atoms with Crippen LogP contribution in [-0.4, -0.2) is 26.7 Å². The summed E-state index contributed by atoms with van der Waals surface area (Å²) < 4.78 is 15.9. The average Bonchev–Trinajstić information content (AvgIpc) is 3.55. The molecule has 0 radical (unpaired) electrons. The Morgan fingerprint density at radius 2 is 1.89 bits per heavy atom. The third-order valence-corrected chi connectivity index (χ3v) is 5.90. The number of hydrogen-bond acceptors (Lipinski definition) is 5. The van der Waals surface area contributed by atoms with Crippen LogP contribution in [0.1, 0.15) is 45.9 Å². The highest BCUT2D eigenvalue weighted by molar-refractivity contribution is 5.98. The summed E-state index contributed by atoms with van der Waals surface area (Å²) in [5.41, 5.74) is 8.12. The lowest BCUT2D eigenvalue weighted by Crippen LogP contribution is -2.18. The van der Waals surface area contributed by atoms with E-state index in [4.69, 9.17) is 9.94 Å². The molecule has 0 aliphatic carbocycles. The summed E-state index contributed by atoms with van der Waals surface area (Å²) in [7, 11) is 0. The number of aryl methyl sites for hydroxylation is 1. The molecule has 1 aliphatic heterocycles.